The van der Waals surface area contributed by atoms with E-state index in [1.807, 2.05) is 0 Å². The van der Waals surface area contributed by atoms with Crippen molar-refractivity contribution in [2.75, 3.05) is 5.32 Å². The summed E-state index contributed by atoms with van der Waals surface area (Å²) >= 11 is 9.23. The zero-order chi connectivity index (χ0) is 21.4. The van der Waals surface area contributed by atoms with Crippen molar-refractivity contribution in [1.29, 1.82) is 0 Å². The van der Waals surface area contributed by atoms with Gasteiger partial charge in [-0.25, -0.2) is 13.2 Å². The van der Waals surface area contributed by atoms with E-state index in [9.17, 15) is 18.0 Å². The van der Waals surface area contributed by atoms with Gasteiger partial charge in [0.15, 0.2) is 5.82 Å². The lowest BCUT2D eigenvalue weighted by Crippen LogP contribution is -2.21. The van der Waals surface area contributed by atoms with Gasteiger partial charge in [-0.15, -0.1) is 0 Å². The topological polar surface area (TPSA) is 64.7 Å². The molecule has 3 aromatic rings. The quantitative estimate of drug-likeness (QED) is 0.487. The maximum Gasteiger partial charge on any atom is 0.283 e. The summed E-state index contributed by atoms with van der Waals surface area (Å²) in [7, 11) is 0. The molecule has 2 aromatic heterocycles. The lowest BCUT2D eigenvalue weighted by Gasteiger charge is -2.07. The third-order valence-electron chi connectivity index (χ3n) is 4.68. The molecule has 0 atom stereocenters. The van der Waals surface area contributed by atoms with Gasteiger partial charge in [0.25, 0.3) is 6.43 Å². The van der Waals surface area contributed by atoms with E-state index in [-0.39, 0.29) is 27.7 Å². The molecule has 6 nitrogen and oxygen atoms in total. The third kappa shape index (κ3) is 4.54. The molecule has 1 aromatic carbocycles. The molecule has 4 rings (SSSR count). The van der Waals surface area contributed by atoms with Gasteiger partial charge in [0.1, 0.15) is 18.1 Å². The first kappa shape index (κ1) is 20.9. The van der Waals surface area contributed by atoms with Crippen LogP contribution in [0, 0.1) is 5.82 Å². The number of carbonyl (C=O) groups is 1. The summed E-state index contributed by atoms with van der Waals surface area (Å²) in [5.74, 6) is -0.431. The number of nitrogens with zero attached hydrogens (tertiary/aromatic N) is 4. The Hall–Kier alpha value is -2.33. The fourth-order valence-corrected chi connectivity index (χ4v) is 4.15. The molecule has 1 aliphatic rings. The zero-order valence-corrected chi connectivity index (χ0v) is 17.8. The van der Waals surface area contributed by atoms with Crippen molar-refractivity contribution in [3.8, 4) is 0 Å². The Morgan fingerprint density at radius 1 is 1.30 bits per heavy atom. The molecular weight excluding hydrogens is 487 g/mol. The molecule has 1 amide bonds. The van der Waals surface area contributed by atoms with Crippen LogP contribution in [0.25, 0.3) is 0 Å². The number of nitrogens with one attached hydrogen (secondary N) is 1. The number of carbonyl (C=O) groups excluding carboxylic acids is 1. The van der Waals surface area contributed by atoms with E-state index in [0.717, 1.165) is 12.8 Å². The van der Waals surface area contributed by atoms with Gasteiger partial charge in [-0.1, -0.05) is 17.7 Å². The molecule has 0 saturated heterocycles. The minimum Gasteiger partial charge on any atom is -0.308 e. The van der Waals surface area contributed by atoms with Crippen molar-refractivity contribution in [2.45, 2.75) is 38.3 Å². The third-order valence-corrected chi connectivity index (χ3v) is 5.84. The average Bonchev–Trinajstić information content (AvgIpc) is 3.32. The van der Waals surface area contributed by atoms with Crippen LogP contribution in [0.1, 0.15) is 42.1 Å². The summed E-state index contributed by atoms with van der Waals surface area (Å²) in [5, 5.41) is 11.1. The SMILES string of the molecule is O=C(Cn1nc(C(F)F)c(Br)c1C1CC1)Nc1ccn(Cc2ccc(F)cc2Cl)n1. The molecule has 0 radical (unpaired) electrons. The number of benzene rings is 1. The lowest BCUT2D eigenvalue weighted by molar-refractivity contribution is -0.117. The Morgan fingerprint density at radius 3 is 2.73 bits per heavy atom. The molecule has 30 heavy (non-hydrogen) atoms. The van der Waals surface area contributed by atoms with Crippen molar-refractivity contribution in [2.24, 2.45) is 0 Å². The highest BCUT2D eigenvalue weighted by Crippen LogP contribution is 2.45. The maximum atomic E-state index is 13.2. The largest absolute Gasteiger partial charge is 0.308 e. The predicted octanol–water partition coefficient (Wildman–Crippen LogP) is 5.14. The van der Waals surface area contributed by atoms with Gasteiger partial charge in [-0.05, 0) is 46.5 Å². The Morgan fingerprint density at radius 2 is 2.07 bits per heavy atom. The van der Waals surface area contributed by atoms with E-state index < -0.39 is 18.1 Å². The summed E-state index contributed by atoms with van der Waals surface area (Å²) in [5.41, 5.74) is 0.941. The standard InChI is InChI=1S/C19H16BrClF3N5O/c20-16-17(19(23)24)27-29(18(16)10-1-2-10)9-15(30)25-14-5-6-28(26-14)8-11-3-4-12(22)7-13(11)21/h3-7,10,19H,1-2,8-9H2,(H,25,26,30). The molecule has 1 aliphatic carbocycles. The van der Waals surface area contributed by atoms with Crippen molar-refractivity contribution < 1.29 is 18.0 Å². The molecule has 1 fully saturated rings. The van der Waals surface area contributed by atoms with E-state index in [1.165, 1.54) is 16.8 Å². The molecule has 158 valence electrons. The van der Waals surface area contributed by atoms with Gasteiger partial charge in [0, 0.05) is 23.2 Å². The molecule has 1 N–H and O–H groups in total. The number of hydrogen-bond donors (Lipinski definition) is 1. The second kappa shape index (κ2) is 8.43. The van der Waals surface area contributed by atoms with Crippen LogP contribution in [0.3, 0.4) is 0 Å². The van der Waals surface area contributed by atoms with E-state index in [2.05, 4.69) is 31.4 Å². The second-order valence-electron chi connectivity index (χ2n) is 7.00. The Labute approximate surface area is 183 Å². The normalized spacial score (nSPS) is 13.8. The average molecular weight is 503 g/mol. The van der Waals surface area contributed by atoms with E-state index in [4.69, 9.17) is 11.6 Å². The Kier molecular flexibility index (Phi) is 5.88. The fraction of sp³-hybridized carbons (Fsp3) is 0.316. The van der Waals surface area contributed by atoms with E-state index in [1.54, 1.807) is 23.0 Å². The summed E-state index contributed by atoms with van der Waals surface area (Å²) < 4.78 is 42.6. The summed E-state index contributed by atoms with van der Waals surface area (Å²) in [6.07, 6.45) is 0.676. The molecule has 2 heterocycles. The van der Waals surface area contributed by atoms with Gasteiger partial charge < -0.3 is 5.32 Å². The van der Waals surface area contributed by atoms with Crippen LogP contribution in [-0.4, -0.2) is 25.5 Å². The van der Waals surface area contributed by atoms with Crippen molar-refractivity contribution in [3.63, 3.8) is 0 Å². The smallest absolute Gasteiger partial charge is 0.283 e. The number of hydrogen-bond acceptors (Lipinski definition) is 3. The molecule has 1 saturated carbocycles. The first-order chi connectivity index (χ1) is 14.3. The highest BCUT2D eigenvalue weighted by molar-refractivity contribution is 9.10. The maximum absolute atomic E-state index is 13.2. The summed E-state index contributed by atoms with van der Waals surface area (Å²) in [6, 6.07) is 5.69. The minimum absolute atomic E-state index is 0.131. The van der Waals surface area contributed by atoms with Crippen LogP contribution >= 0.6 is 27.5 Å². The van der Waals surface area contributed by atoms with Crippen molar-refractivity contribution >= 4 is 39.3 Å². The number of anilines is 1. The Balaban J connectivity index is 1.43. The van der Waals surface area contributed by atoms with Crippen LogP contribution in [0.5, 0.6) is 0 Å². The molecule has 11 heteroatoms. The van der Waals surface area contributed by atoms with Crippen LogP contribution in [0.2, 0.25) is 5.02 Å². The van der Waals surface area contributed by atoms with Gasteiger partial charge in [0.05, 0.1) is 16.7 Å². The van der Waals surface area contributed by atoms with Crippen LogP contribution in [-0.2, 0) is 17.9 Å². The highest BCUT2D eigenvalue weighted by atomic mass is 79.9. The first-order valence-corrected chi connectivity index (χ1v) is 10.3. The predicted molar refractivity (Wildman–Crippen MR) is 108 cm³/mol. The van der Waals surface area contributed by atoms with Crippen LogP contribution in [0.4, 0.5) is 19.0 Å². The number of alkyl halides is 2. The van der Waals surface area contributed by atoms with E-state index in [0.29, 0.717) is 23.6 Å². The highest BCUT2D eigenvalue weighted by Gasteiger charge is 2.34. The van der Waals surface area contributed by atoms with Gasteiger partial charge >= 0.3 is 0 Å². The fourth-order valence-electron chi connectivity index (χ4n) is 3.14. The lowest BCUT2D eigenvalue weighted by atomic mass is 10.2. The first-order valence-electron chi connectivity index (χ1n) is 9.13. The zero-order valence-electron chi connectivity index (χ0n) is 15.5. The monoisotopic (exact) mass is 501 g/mol. The number of amides is 1. The molecule has 0 unspecified atom stereocenters. The minimum atomic E-state index is -2.73. The van der Waals surface area contributed by atoms with Crippen molar-refractivity contribution in [3.05, 3.63) is 62.7 Å². The van der Waals surface area contributed by atoms with Crippen molar-refractivity contribution in [1.82, 2.24) is 19.6 Å². The van der Waals surface area contributed by atoms with Gasteiger partial charge in [-0.3, -0.25) is 14.2 Å². The molecule has 0 aliphatic heterocycles. The van der Waals surface area contributed by atoms with Gasteiger partial charge in [0.2, 0.25) is 5.91 Å². The number of aromatic nitrogens is 4. The molecule has 0 bridgehead atoms. The summed E-state index contributed by atoms with van der Waals surface area (Å²) in [6.45, 7) is 0.0957. The summed E-state index contributed by atoms with van der Waals surface area (Å²) in [4.78, 5) is 12.4. The number of rotatable bonds is 7. The molecular formula is C19H16BrClF3N5O. The Bertz CT molecular complexity index is 1100. The van der Waals surface area contributed by atoms with Crippen LogP contribution < -0.4 is 5.32 Å². The van der Waals surface area contributed by atoms with Gasteiger partial charge in [-0.2, -0.15) is 10.2 Å². The molecule has 0 spiro atoms. The number of halogens is 5. The van der Waals surface area contributed by atoms with Crippen LogP contribution in [0.15, 0.2) is 34.9 Å². The van der Waals surface area contributed by atoms with E-state index >= 15 is 0 Å². The second-order valence-corrected chi connectivity index (χ2v) is 8.20.